The summed E-state index contributed by atoms with van der Waals surface area (Å²) in [5.41, 5.74) is 7.78. The van der Waals surface area contributed by atoms with E-state index in [4.69, 9.17) is 22.1 Å². The second-order valence-corrected chi connectivity index (χ2v) is 4.91. The fraction of sp³-hybridized carbons (Fsp3) is 0.250. The van der Waals surface area contributed by atoms with Gasteiger partial charge in [0.25, 0.3) is 0 Å². The van der Waals surface area contributed by atoms with Crippen LogP contribution >= 0.6 is 11.6 Å². The van der Waals surface area contributed by atoms with Crippen LogP contribution in [0.2, 0.25) is 5.02 Å². The molecule has 0 amide bonds. The molecule has 0 bridgehead atoms. The number of halogens is 1. The SMILES string of the molecule is Nc1cc(Cl)ccc1OCCCCc1ccccc1. The molecule has 0 aromatic heterocycles. The number of nitrogens with two attached hydrogens (primary N) is 1. The fourth-order valence-electron chi connectivity index (χ4n) is 1.91. The van der Waals surface area contributed by atoms with Crippen LogP contribution in [0, 0.1) is 0 Å². The molecule has 0 saturated carbocycles. The van der Waals surface area contributed by atoms with E-state index >= 15 is 0 Å². The van der Waals surface area contributed by atoms with E-state index in [1.165, 1.54) is 5.56 Å². The predicted molar refractivity (Wildman–Crippen MR) is 80.7 cm³/mol. The summed E-state index contributed by atoms with van der Waals surface area (Å²) in [4.78, 5) is 0. The Balaban J connectivity index is 1.69. The Hall–Kier alpha value is -1.67. The molecule has 0 aliphatic rings. The molecular weight excluding hydrogens is 258 g/mol. The van der Waals surface area contributed by atoms with Crippen LogP contribution in [0.1, 0.15) is 18.4 Å². The summed E-state index contributed by atoms with van der Waals surface area (Å²) in [5, 5.41) is 0.633. The van der Waals surface area contributed by atoms with E-state index in [-0.39, 0.29) is 0 Å². The van der Waals surface area contributed by atoms with Gasteiger partial charge in [0.15, 0.2) is 0 Å². The standard InChI is InChI=1S/C16H18ClNO/c17-14-9-10-16(15(18)12-14)19-11-5-4-8-13-6-2-1-3-7-13/h1-3,6-7,9-10,12H,4-5,8,11,18H2. The van der Waals surface area contributed by atoms with Crippen molar-refractivity contribution in [3.05, 3.63) is 59.1 Å². The van der Waals surface area contributed by atoms with Crippen molar-refractivity contribution in [3.63, 3.8) is 0 Å². The van der Waals surface area contributed by atoms with Crippen LogP contribution in [0.4, 0.5) is 5.69 Å². The van der Waals surface area contributed by atoms with E-state index in [0.717, 1.165) is 19.3 Å². The van der Waals surface area contributed by atoms with E-state index in [1.807, 2.05) is 12.1 Å². The Bertz CT molecular complexity index is 513. The van der Waals surface area contributed by atoms with Crippen molar-refractivity contribution in [2.24, 2.45) is 0 Å². The molecule has 3 heteroatoms. The van der Waals surface area contributed by atoms with Crippen LogP contribution in [-0.4, -0.2) is 6.61 Å². The second kappa shape index (κ2) is 7.05. The zero-order valence-electron chi connectivity index (χ0n) is 10.8. The molecular formula is C16H18ClNO. The highest BCUT2D eigenvalue weighted by atomic mass is 35.5. The van der Waals surface area contributed by atoms with Crippen LogP contribution in [0.25, 0.3) is 0 Å². The third kappa shape index (κ3) is 4.49. The molecule has 0 radical (unpaired) electrons. The lowest BCUT2D eigenvalue weighted by Crippen LogP contribution is -2.01. The van der Waals surface area contributed by atoms with Crippen molar-refractivity contribution >= 4 is 17.3 Å². The molecule has 2 aromatic carbocycles. The molecule has 0 saturated heterocycles. The van der Waals surface area contributed by atoms with E-state index in [1.54, 1.807) is 12.1 Å². The van der Waals surface area contributed by atoms with E-state index in [9.17, 15) is 0 Å². The molecule has 2 nitrogen and oxygen atoms in total. The molecule has 2 N–H and O–H groups in total. The van der Waals surface area contributed by atoms with Crippen molar-refractivity contribution in [1.29, 1.82) is 0 Å². The maximum absolute atomic E-state index is 5.83. The number of hydrogen-bond donors (Lipinski definition) is 1. The number of rotatable bonds is 6. The van der Waals surface area contributed by atoms with Crippen LogP contribution < -0.4 is 10.5 Å². The lowest BCUT2D eigenvalue weighted by molar-refractivity contribution is 0.308. The first-order valence-electron chi connectivity index (χ1n) is 6.47. The van der Waals surface area contributed by atoms with Crippen molar-refractivity contribution in [1.82, 2.24) is 0 Å². The molecule has 100 valence electrons. The Morgan fingerprint density at radius 3 is 2.53 bits per heavy atom. The Morgan fingerprint density at radius 2 is 1.79 bits per heavy atom. The minimum Gasteiger partial charge on any atom is -0.491 e. The monoisotopic (exact) mass is 275 g/mol. The van der Waals surface area contributed by atoms with Crippen LogP contribution in [0.3, 0.4) is 0 Å². The van der Waals surface area contributed by atoms with Crippen molar-refractivity contribution in [3.8, 4) is 5.75 Å². The third-order valence-corrected chi connectivity index (χ3v) is 3.17. The van der Waals surface area contributed by atoms with Crippen molar-refractivity contribution in [2.45, 2.75) is 19.3 Å². The number of aryl methyl sites for hydroxylation is 1. The van der Waals surface area contributed by atoms with Crippen LogP contribution in [0.5, 0.6) is 5.75 Å². The van der Waals surface area contributed by atoms with Gasteiger partial charge in [-0.2, -0.15) is 0 Å². The molecule has 0 fully saturated rings. The summed E-state index contributed by atoms with van der Waals surface area (Å²) in [6.45, 7) is 0.679. The average molecular weight is 276 g/mol. The lowest BCUT2D eigenvalue weighted by atomic mass is 10.1. The second-order valence-electron chi connectivity index (χ2n) is 4.47. The predicted octanol–water partition coefficient (Wildman–Crippen LogP) is 4.32. The maximum atomic E-state index is 5.83. The van der Waals surface area contributed by atoms with E-state index in [2.05, 4.69) is 24.3 Å². The van der Waals surface area contributed by atoms with Gasteiger partial charge < -0.3 is 10.5 Å². The quantitative estimate of drug-likeness (QED) is 0.629. The topological polar surface area (TPSA) is 35.2 Å². The van der Waals surface area contributed by atoms with Gasteiger partial charge in [0, 0.05) is 5.02 Å². The average Bonchev–Trinajstić information content (AvgIpc) is 2.42. The summed E-state index contributed by atoms with van der Waals surface area (Å²) in [5.74, 6) is 0.712. The Kier molecular flexibility index (Phi) is 5.10. The van der Waals surface area contributed by atoms with Gasteiger partial charge >= 0.3 is 0 Å². The van der Waals surface area contributed by atoms with Gasteiger partial charge in [0.2, 0.25) is 0 Å². The third-order valence-electron chi connectivity index (χ3n) is 2.93. The number of benzene rings is 2. The number of hydrogen-bond acceptors (Lipinski definition) is 2. The van der Waals surface area contributed by atoms with Gasteiger partial charge in [-0.1, -0.05) is 41.9 Å². The van der Waals surface area contributed by atoms with Crippen LogP contribution in [-0.2, 0) is 6.42 Å². The van der Waals surface area contributed by atoms with Gasteiger partial charge in [0.1, 0.15) is 5.75 Å². The smallest absolute Gasteiger partial charge is 0.142 e. The molecule has 2 aromatic rings. The summed E-state index contributed by atoms with van der Waals surface area (Å²) in [7, 11) is 0. The molecule has 0 unspecified atom stereocenters. The molecule has 0 aliphatic heterocycles. The number of nitrogen functional groups attached to an aromatic ring is 1. The Labute approximate surface area is 119 Å². The van der Waals surface area contributed by atoms with Gasteiger partial charge in [-0.15, -0.1) is 0 Å². The normalized spacial score (nSPS) is 10.4. The molecule has 0 heterocycles. The van der Waals surface area contributed by atoms with Gasteiger partial charge in [-0.25, -0.2) is 0 Å². The van der Waals surface area contributed by atoms with Gasteiger partial charge in [0.05, 0.1) is 12.3 Å². The number of ether oxygens (including phenoxy) is 1. The minimum atomic E-state index is 0.593. The lowest BCUT2D eigenvalue weighted by Gasteiger charge is -2.09. The summed E-state index contributed by atoms with van der Waals surface area (Å²) in [6.07, 6.45) is 3.20. The van der Waals surface area contributed by atoms with Crippen molar-refractivity contribution in [2.75, 3.05) is 12.3 Å². The van der Waals surface area contributed by atoms with Crippen molar-refractivity contribution < 1.29 is 4.74 Å². The summed E-state index contributed by atoms with van der Waals surface area (Å²) in [6, 6.07) is 15.8. The van der Waals surface area contributed by atoms with Gasteiger partial charge in [-0.3, -0.25) is 0 Å². The fourth-order valence-corrected chi connectivity index (χ4v) is 2.09. The van der Waals surface area contributed by atoms with E-state index in [0.29, 0.717) is 23.1 Å². The molecule has 2 rings (SSSR count). The number of anilines is 1. The summed E-state index contributed by atoms with van der Waals surface area (Å²) < 4.78 is 5.65. The summed E-state index contributed by atoms with van der Waals surface area (Å²) >= 11 is 5.83. The first-order valence-corrected chi connectivity index (χ1v) is 6.85. The molecule has 0 atom stereocenters. The number of unbranched alkanes of at least 4 members (excludes halogenated alkanes) is 1. The van der Waals surface area contributed by atoms with Gasteiger partial charge in [-0.05, 0) is 43.0 Å². The highest BCUT2D eigenvalue weighted by molar-refractivity contribution is 6.30. The first-order chi connectivity index (χ1) is 9.25. The highest BCUT2D eigenvalue weighted by Gasteiger charge is 2.00. The zero-order valence-corrected chi connectivity index (χ0v) is 11.6. The first kappa shape index (κ1) is 13.8. The zero-order chi connectivity index (χ0) is 13.5. The maximum Gasteiger partial charge on any atom is 0.142 e. The molecule has 0 aliphatic carbocycles. The minimum absolute atomic E-state index is 0.593. The van der Waals surface area contributed by atoms with Crippen LogP contribution in [0.15, 0.2) is 48.5 Å². The molecule has 19 heavy (non-hydrogen) atoms. The largest absolute Gasteiger partial charge is 0.491 e. The highest BCUT2D eigenvalue weighted by Crippen LogP contribution is 2.25. The Morgan fingerprint density at radius 1 is 1.00 bits per heavy atom. The molecule has 0 spiro atoms. The van der Waals surface area contributed by atoms with E-state index < -0.39 is 0 Å².